The van der Waals surface area contributed by atoms with Gasteiger partial charge in [0.15, 0.2) is 0 Å². The summed E-state index contributed by atoms with van der Waals surface area (Å²) in [6.07, 6.45) is 8.20. The fourth-order valence-corrected chi connectivity index (χ4v) is 4.92. The van der Waals surface area contributed by atoms with Crippen LogP contribution in [0.15, 0.2) is 30.8 Å². The maximum atomic E-state index is 6.31. The minimum atomic E-state index is -2.88. The summed E-state index contributed by atoms with van der Waals surface area (Å²) in [5.41, 5.74) is 1.07. The van der Waals surface area contributed by atoms with Gasteiger partial charge in [0.05, 0.1) is 0 Å². The molecule has 0 aliphatic rings. The van der Waals surface area contributed by atoms with Crippen molar-refractivity contribution in [1.29, 1.82) is 0 Å². The van der Waals surface area contributed by atoms with Crippen LogP contribution in [0.1, 0.15) is 64.9 Å². The Morgan fingerprint density at radius 2 is 1.38 bits per heavy atom. The molecule has 0 heterocycles. The lowest BCUT2D eigenvalue weighted by Gasteiger charge is -2.30. The van der Waals surface area contributed by atoms with Crippen LogP contribution in [0.25, 0.3) is 6.08 Å². The smallest absolute Gasteiger partial charge is 0.370 e. The van der Waals surface area contributed by atoms with Gasteiger partial charge in [-0.2, -0.15) is 0 Å². The van der Waals surface area contributed by atoms with E-state index in [-0.39, 0.29) is 0 Å². The highest BCUT2D eigenvalue weighted by Crippen LogP contribution is 2.15. The summed E-state index contributed by atoms with van der Waals surface area (Å²) in [7, 11) is -2.88. The van der Waals surface area contributed by atoms with Crippen LogP contribution in [0.5, 0.6) is 0 Å². The standard InChI is InChI=1S/C20H34O3Si/c1-5-9-15-21-24(22-16-10-6-2,23-17-11-7-3)20-14-12-13-19(8-4)18-20/h8,12-14,18H,4-7,9-11,15-17H2,1-3H3. The summed E-state index contributed by atoms with van der Waals surface area (Å²) in [4.78, 5) is 0. The molecular weight excluding hydrogens is 316 g/mol. The van der Waals surface area contributed by atoms with Gasteiger partial charge in [-0.1, -0.05) is 70.9 Å². The molecule has 1 rings (SSSR count). The summed E-state index contributed by atoms with van der Waals surface area (Å²) in [6.45, 7) is 12.4. The molecule has 0 amide bonds. The molecule has 4 heteroatoms. The van der Waals surface area contributed by atoms with E-state index in [0.717, 1.165) is 49.3 Å². The Bertz CT molecular complexity index is 435. The second-order valence-corrected chi connectivity index (χ2v) is 8.55. The summed E-state index contributed by atoms with van der Waals surface area (Å²) >= 11 is 0. The molecule has 0 fully saturated rings. The van der Waals surface area contributed by atoms with Crippen molar-refractivity contribution in [2.75, 3.05) is 19.8 Å². The van der Waals surface area contributed by atoms with Gasteiger partial charge in [0.1, 0.15) is 0 Å². The van der Waals surface area contributed by atoms with Gasteiger partial charge in [0.2, 0.25) is 0 Å². The van der Waals surface area contributed by atoms with Gasteiger partial charge in [-0.15, -0.1) is 0 Å². The maximum Gasteiger partial charge on any atom is 0.537 e. The van der Waals surface area contributed by atoms with Crippen molar-refractivity contribution < 1.29 is 13.3 Å². The average molecular weight is 351 g/mol. The zero-order valence-electron chi connectivity index (χ0n) is 15.7. The van der Waals surface area contributed by atoms with Crippen LogP contribution in [0.3, 0.4) is 0 Å². The topological polar surface area (TPSA) is 27.7 Å². The van der Waals surface area contributed by atoms with Crippen LogP contribution < -0.4 is 5.19 Å². The highest BCUT2D eigenvalue weighted by molar-refractivity contribution is 6.75. The van der Waals surface area contributed by atoms with Crippen LogP contribution in [-0.2, 0) is 13.3 Å². The largest absolute Gasteiger partial charge is 0.537 e. The van der Waals surface area contributed by atoms with E-state index in [1.54, 1.807) is 0 Å². The van der Waals surface area contributed by atoms with Crippen molar-refractivity contribution in [3.8, 4) is 0 Å². The second-order valence-electron chi connectivity index (χ2n) is 5.99. The highest BCUT2D eigenvalue weighted by Gasteiger charge is 2.44. The summed E-state index contributed by atoms with van der Waals surface area (Å²) in [5.74, 6) is 0. The molecule has 0 unspecified atom stereocenters. The molecule has 3 nitrogen and oxygen atoms in total. The second kappa shape index (κ2) is 12.4. The molecule has 0 atom stereocenters. The van der Waals surface area contributed by atoms with Gasteiger partial charge in [-0.3, -0.25) is 0 Å². The summed E-state index contributed by atoms with van der Waals surface area (Å²) in [5, 5.41) is 1.04. The lowest BCUT2D eigenvalue weighted by Crippen LogP contribution is -2.57. The molecule has 0 radical (unpaired) electrons. The molecule has 0 saturated carbocycles. The molecular formula is C20H34O3Si. The summed E-state index contributed by atoms with van der Waals surface area (Å²) < 4.78 is 18.9. The Morgan fingerprint density at radius 3 is 1.79 bits per heavy atom. The first-order chi connectivity index (χ1) is 11.7. The minimum absolute atomic E-state index is 0.680. The summed E-state index contributed by atoms with van der Waals surface area (Å²) in [6, 6.07) is 8.25. The first-order valence-corrected chi connectivity index (χ1v) is 11.1. The van der Waals surface area contributed by atoms with Gasteiger partial charge in [-0.05, 0) is 30.9 Å². The van der Waals surface area contributed by atoms with E-state index >= 15 is 0 Å². The van der Waals surface area contributed by atoms with Crippen LogP contribution in [0.4, 0.5) is 0 Å². The van der Waals surface area contributed by atoms with Crippen molar-refractivity contribution in [2.24, 2.45) is 0 Å². The van der Waals surface area contributed by atoms with Crippen LogP contribution >= 0.6 is 0 Å². The highest BCUT2D eigenvalue weighted by atomic mass is 28.4. The van der Waals surface area contributed by atoms with E-state index in [4.69, 9.17) is 13.3 Å². The molecule has 1 aromatic rings. The Kier molecular flexibility index (Phi) is 10.9. The third-order valence-corrected chi connectivity index (χ3v) is 6.62. The predicted molar refractivity (Wildman–Crippen MR) is 105 cm³/mol. The number of hydrogen-bond donors (Lipinski definition) is 0. The Balaban J connectivity index is 3.06. The molecule has 0 N–H and O–H groups in total. The maximum absolute atomic E-state index is 6.31. The third kappa shape index (κ3) is 6.89. The first-order valence-electron chi connectivity index (χ1n) is 9.37. The Hall–Kier alpha value is -0.943. The van der Waals surface area contributed by atoms with Gasteiger partial charge < -0.3 is 13.3 Å². The quantitative estimate of drug-likeness (QED) is 0.352. The van der Waals surface area contributed by atoms with E-state index < -0.39 is 8.80 Å². The van der Waals surface area contributed by atoms with Gasteiger partial charge in [0, 0.05) is 25.0 Å². The lowest BCUT2D eigenvalue weighted by atomic mass is 10.2. The number of unbranched alkanes of at least 4 members (excludes halogenated alkanes) is 3. The van der Waals surface area contributed by atoms with Gasteiger partial charge in [0.25, 0.3) is 0 Å². The fourth-order valence-electron chi connectivity index (χ4n) is 2.28. The molecule has 0 aromatic heterocycles. The zero-order valence-corrected chi connectivity index (χ0v) is 16.7. The monoisotopic (exact) mass is 350 g/mol. The first kappa shape index (κ1) is 21.1. The fraction of sp³-hybridized carbons (Fsp3) is 0.600. The van der Waals surface area contributed by atoms with Crippen LogP contribution in [0.2, 0.25) is 0 Å². The van der Waals surface area contributed by atoms with E-state index in [1.165, 1.54) is 0 Å². The van der Waals surface area contributed by atoms with Crippen LogP contribution in [-0.4, -0.2) is 28.6 Å². The van der Waals surface area contributed by atoms with Crippen molar-refractivity contribution in [3.05, 3.63) is 36.4 Å². The third-order valence-electron chi connectivity index (χ3n) is 3.85. The van der Waals surface area contributed by atoms with Gasteiger partial charge >= 0.3 is 8.80 Å². The zero-order chi connectivity index (χ0) is 17.7. The van der Waals surface area contributed by atoms with Crippen LogP contribution in [0, 0.1) is 0 Å². The van der Waals surface area contributed by atoms with Gasteiger partial charge in [-0.25, -0.2) is 0 Å². The Morgan fingerprint density at radius 1 is 0.875 bits per heavy atom. The molecule has 0 saturated heterocycles. The molecule has 1 aromatic carbocycles. The normalized spacial score (nSPS) is 11.6. The van der Waals surface area contributed by atoms with E-state index in [0.29, 0.717) is 19.8 Å². The van der Waals surface area contributed by atoms with E-state index in [1.807, 2.05) is 18.2 Å². The van der Waals surface area contributed by atoms with E-state index in [9.17, 15) is 0 Å². The lowest BCUT2D eigenvalue weighted by molar-refractivity contribution is 0.0700. The van der Waals surface area contributed by atoms with Crippen molar-refractivity contribution in [2.45, 2.75) is 59.3 Å². The molecule has 0 aliphatic heterocycles. The predicted octanol–water partition coefficient (Wildman–Crippen LogP) is 4.93. The van der Waals surface area contributed by atoms with E-state index in [2.05, 4.69) is 39.5 Å². The van der Waals surface area contributed by atoms with Crippen molar-refractivity contribution >= 4 is 20.1 Å². The number of rotatable bonds is 14. The average Bonchev–Trinajstić information content (AvgIpc) is 2.62. The number of hydrogen-bond acceptors (Lipinski definition) is 3. The van der Waals surface area contributed by atoms with Crippen molar-refractivity contribution in [1.82, 2.24) is 0 Å². The Labute approximate surface area is 149 Å². The molecule has 0 spiro atoms. The molecule has 136 valence electrons. The minimum Gasteiger partial charge on any atom is -0.370 e. The van der Waals surface area contributed by atoms with Crippen molar-refractivity contribution in [3.63, 3.8) is 0 Å². The SMILES string of the molecule is C=Cc1cccc([Si](OCCCC)(OCCCC)OCCCC)c1. The number of benzene rings is 1. The molecule has 0 aliphatic carbocycles. The molecule has 24 heavy (non-hydrogen) atoms. The molecule has 0 bridgehead atoms.